The van der Waals surface area contributed by atoms with Gasteiger partial charge in [0.15, 0.2) is 0 Å². The first-order valence-electron chi connectivity index (χ1n) is 4.97. The predicted octanol–water partition coefficient (Wildman–Crippen LogP) is 1.36. The maximum atomic E-state index is 12.2. The highest BCUT2D eigenvalue weighted by molar-refractivity contribution is 5.78. The van der Waals surface area contributed by atoms with Crippen LogP contribution in [0.3, 0.4) is 0 Å². The lowest BCUT2D eigenvalue weighted by molar-refractivity contribution is -0.137. The fraction of sp³-hybridized carbons (Fsp3) is 0.364. The maximum absolute atomic E-state index is 12.2. The number of halogens is 3. The normalized spacial score (nSPS) is 11.3. The van der Waals surface area contributed by atoms with Gasteiger partial charge in [-0.15, -0.1) is 0 Å². The smallest absolute Gasteiger partial charge is 0.395 e. The Morgan fingerprint density at radius 2 is 1.82 bits per heavy atom. The molecule has 0 aliphatic carbocycles. The van der Waals surface area contributed by atoms with Gasteiger partial charge >= 0.3 is 6.18 Å². The lowest BCUT2D eigenvalue weighted by Crippen LogP contribution is -2.27. The summed E-state index contributed by atoms with van der Waals surface area (Å²) in [5.41, 5.74) is -0.245. The van der Waals surface area contributed by atoms with Gasteiger partial charge in [-0.25, -0.2) is 0 Å². The number of carbonyl (C=O) groups is 1. The quantitative estimate of drug-likeness (QED) is 0.844. The van der Waals surface area contributed by atoms with Gasteiger partial charge in [0.2, 0.25) is 5.91 Å². The summed E-state index contributed by atoms with van der Waals surface area (Å²) >= 11 is 0. The van der Waals surface area contributed by atoms with Crippen molar-refractivity contribution in [2.24, 2.45) is 0 Å². The van der Waals surface area contributed by atoms with Crippen molar-refractivity contribution >= 4 is 5.91 Å². The Balaban J connectivity index is 2.60. The molecule has 94 valence electrons. The molecule has 0 aliphatic heterocycles. The molecule has 0 spiro atoms. The molecule has 1 amide bonds. The van der Waals surface area contributed by atoms with E-state index in [1.54, 1.807) is 0 Å². The average Bonchev–Trinajstić information content (AvgIpc) is 2.26. The van der Waals surface area contributed by atoms with Crippen LogP contribution in [0.2, 0.25) is 0 Å². The number of nitrogens with one attached hydrogen (secondary N) is 1. The molecule has 1 aromatic carbocycles. The van der Waals surface area contributed by atoms with Crippen LogP contribution in [0.5, 0.6) is 0 Å². The molecule has 2 N–H and O–H groups in total. The molecule has 6 heteroatoms. The second-order valence-electron chi connectivity index (χ2n) is 3.45. The first-order chi connectivity index (χ1) is 7.93. The molecule has 0 aliphatic rings. The highest BCUT2D eigenvalue weighted by Crippen LogP contribution is 2.29. The van der Waals surface area contributed by atoms with E-state index in [-0.39, 0.29) is 25.5 Å². The van der Waals surface area contributed by atoms with E-state index >= 15 is 0 Å². The SMILES string of the molecule is O=C(Cc1ccc(C(F)(F)F)cc1)NCCO. The van der Waals surface area contributed by atoms with Gasteiger partial charge in [-0.3, -0.25) is 4.79 Å². The zero-order valence-corrected chi connectivity index (χ0v) is 8.92. The molecule has 0 heterocycles. The number of rotatable bonds is 4. The average molecular weight is 247 g/mol. The highest BCUT2D eigenvalue weighted by Gasteiger charge is 2.29. The van der Waals surface area contributed by atoms with E-state index in [0.717, 1.165) is 12.1 Å². The Labute approximate surface area is 96.3 Å². The Bertz CT molecular complexity index is 373. The summed E-state index contributed by atoms with van der Waals surface area (Å²) < 4.78 is 36.7. The van der Waals surface area contributed by atoms with Crippen LogP contribution in [0.4, 0.5) is 13.2 Å². The van der Waals surface area contributed by atoms with Gasteiger partial charge in [0.05, 0.1) is 18.6 Å². The van der Waals surface area contributed by atoms with Gasteiger partial charge in [-0.05, 0) is 17.7 Å². The summed E-state index contributed by atoms with van der Waals surface area (Å²) in [6, 6.07) is 4.41. The molecule has 1 rings (SSSR count). The van der Waals surface area contributed by atoms with Crippen molar-refractivity contribution in [3.8, 4) is 0 Å². The fourth-order valence-corrected chi connectivity index (χ4v) is 1.25. The van der Waals surface area contributed by atoms with Crippen molar-refractivity contribution in [1.82, 2.24) is 5.32 Å². The summed E-state index contributed by atoms with van der Waals surface area (Å²) in [5, 5.41) is 10.9. The number of carbonyl (C=O) groups excluding carboxylic acids is 1. The Kier molecular flexibility index (Phi) is 4.51. The number of aliphatic hydroxyl groups excluding tert-OH is 1. The molecule has 0 radical (unpaired) electrons. The van der Waals surface area contributed by atoms with Crippen molar-refractivity contribution in [3.63, 3.8) is 0 Å². The van der Waals surface area contributed by atoms with Crippen molar-refractivity contribution in [2.45, 2.75) is 12.6 Å². The minimum absolute atomic E-state index is 0.00185. The molecule has 0 atom stereocenters. The maximum Gasteiger partial charge on any atom is 0.416 e. The van der Waals surface area contributed by atoms with E-state index in [4.69, 9.17) is 5.11 Å². The fourth-order valence-electron chi connectivity index (χ4n) is 1.25. The standard InChI is InChI=1S/C11H12F3NO2/c12-11(13,14)9-3-1-8(2-4-9)7-10(17)15-5-6-16/h1-4,16H,5-7H2,(H,15,17). The van der Waals surface area contributed by atoms with E-state index < -0.39 is 11.7 Å². The van der Waals surface area contributed by atoms with Crippen molar-refractivity contribution in [1.29, 1.82) is 0 Å². The molecule has 0 saturated heterocycles. The van der Waals surface area contributed by atoms with Gasteiger partial charge in [0.1, 0.15) is 0 Å². The number of benzene rings is 1. The third-order valence-corrected chi connectivity index (χ3v) is 2.08. The summed E-state index contributed by atoms with van der Waals surface area (Å²) in [6.45, 7) is -0.0295. The summed E-state index contributed by atoms with van der Waals surface area (Å²) in [6.07, 6.45) is -4.37. The number of alkyl halides is 3. The minimum atomic E-state index is -4.36. The molecule has 3 nitrogen and oxygen atoms in total. The van der Waals surface area contributed by atoms with Crippen LogP contribution in [0.15, 0.2) is 24.3 Å². The third kappa shape index (κ3) is 4.44. The third-order valence-electron chi connectivity index (χ3n) is 2.08. The summed E-state index contributed by atoms with van der Waals surface area (Å²) in [4.78, 5) is 11.2. The molecule has 0 fully saturated rings. The van der Waals surface area contributed by atoms with Gasteiger partial charge in [-0.2, -0.15) is 13.2 Å². The van der Waals surface area contributed by atoms with E-state index in [2.05, 4.69) is 5.32 Å². The second-order valence-corrected chi connectivity index (χ2v) is 3.45. The molecule has 0 saturated carbocycles. The molecule has 1 aromatic rings. The van der Waals surface area contributed by atoms with Crippen LogP contribution in [0, 0.1) is 0 Å². The number of aliphatic hydroxyl groups is 1. The van der Waals surface area contributed by atoms with E-state index in [1.165, 1.54) is 12.1 Å². The van der Waals surface area contributed by atoms with Crippen LogP contribution < -0.4 is 5.32 Å². The Morgan fingerprint density at radius 1 is 1.24 bits per heavy atom. The zero-order chi connectivity index (χ0) is 12.9. The monoisotopic (exact) mass is 247 g/mol. The van der Waals surface area contributed by atoms with Gasteiger partial charge in [0, 0.05) is 6.54 Å². The Hall–Kier alpha value is -1.56. The molecule has 0 bridgehead atoms. The number of hydrogen-bond acceptors (Lipinski definition) is 2. The summed E-state index contributed by atoms with van der Waals surface area (Å²) in [7, 11) is 0. The highest BCUT2D eigenvalue weighted by atomic mass is 19.4. The lowest BCUT2D eigenvalue weighted by atomic mass is 10.1. The van der Waals surface area contributed by atoms with Crippen LogP contribution in [0.25, 0.3) is 0 Å². The summed E-state index contributed by atoms with van der Waals surface area (Å²) in [5.74, 6) is -0.334. The van der Waals surface area contributed by atoms with Crippen LogP contribution in [0.1, 0.15) is 11.1 Å². The van der Waals surface area contributed by atoms with Gasteiger partial charge in [0.25, 0.3) is 0 Å². The van der Waals surface area contributed by atoms with Crippen molar-refractivity contribution in [3.05, 3.63) is 35.4 Å². The van der Waals surface area contributed by atoms with Crippen molar-refractivity contribution in [2.75, 3.05) is 13.2 Å². The molecule has 17 heavy (non-hydrogen) atoms. The van der Waals surface area contributed by atoms with E-state index in [9.17, 15) is 18.0 Å². The van der Waals surface area contributed by atoms with E-state index in [0.29, 0.717) is 5.56 Å². The zero-order valence-electron chi connectivity index (χ0n) is 8.92. The topological polar surface area (TPSA) is 49.3 Å². The largest absolute Gasteiger partial charge is 0.416 e. The van der Waals surface area contributed by atoms with Crippen LogP contribution in [-0.4, -0.2) is 24.2 Å². The molecule has 0 aromatic heterocycles. The molecular formula is C11H12F3NO2. The van der Waals surface area contributed by atoms with Crippen LogP contribution in [-0.2, 0) is 17.4 Å². The molecular weight excluding hydrogens is 235 g/mol. The molecule has 0 unspecified atom stereocenters. The van der Waals surface area contributed by atoms with Crippen molar-refractivity contribution < 1.29 is 23.1 Å². The Morgan fingerprint density at radius 3 is 2.29 bits per heavy atom. The van der Waals surface area contributed by atoms with Crippen LogP contribution >= 0.6 is 0 Å². The van der Waals surface area contributed by atoms with Gasteiger partial charge in [-0.1, -0.05) is 12.1 Å². The first-order valence-corrected chi connectivity index (χ1v) is 4.97. The second kappa shape index (κ2) is 5.67. The number of amides is 1. The number of hydrogen-bond donors (Lipinski definition) is 2. The lowest BCUT2D eigenvalue weighted by Gasteiger charge is -2.07. The first kappa shape index (κ1) is 13.5. The minimum Gasteiger partial charge on any atom is -0.395 e. The van der Waals surface area contributed by atoms with Gasteiger partial charge < -0.3 is 10.4 Å². The van der Waals surface area contributed by atoms with E-state index in [1.807, 2.05) is 0 Å². The predicted molar refractivity (Wildman–Crippen MR) is 55.2 cm³/mol.